The summed E-state index contributed by atoms with van der Waals surface area (Å²) in [6.45, 7) is 3.41. The fraction of sp³-hybridized carbons (Fsp3) is 0.714. The van der Waals surface area contributed by atoms with E-state index in [1.807, 2.05) is 6.92 Å². The first-order valence-electron chi connectivity index (χ1n) is 3.15. The Morgan fingerprint density at radius 3 is 2.33 bits per heavy atom. The molecule has 0 saturated carbocycles. The Labute approximate surface area is 55.3 Å². The van der Waals surface area contributed by atoms with E-state index in [1.165, 1.54) is 6.92 Å². The van der Waals surface area contributed by atoms with Gasteiger partial charge in [-0.1, -0.05) is 6.92 Å². The van der Waals surface area contributed by atoms with E-state index in [9.17, 15) is 9.59 Å². The Kier molecular flexibility index (Phi) is 3.93. The normalized spacial score (nSPS) is 12.7. The van der Waals surface area contributed by atoms with Gasteiger partial charge in [0.15, 0.2) is 0 Å². The SMILES string of the molecule is CC[C@@H](C=O)CC(C)=O. The smallest absolute Gasteiger partial charge is 0.130 e. The van der Waals surface area contributed by atoms with E-state index < -0.39 is 0 Å². The zero-order chi connectivity index (χ0) is 7.28. The molecule has 2 nitrogen and oxygen atoms in total. The van der Waals surface area contributed by atoms with Crippen molar-refractivity contribution in [1.82, 2.24) is 0 Å². The zero-order valence-electron chi connectivity index (χ0n) is 5.89. The second-order valence-electron chi connectivity index (χ2n) is 2.21. The third-order valence-corrected chi connectivity index (χ3v) is 1.27. The molecular formula is C7H12O2. The van der Waals surface area contributed by atoms with Gasteiger partial charge in [-0.25, -0.2) is 0 Å². The standard InChI is InChI=1S/C7H12O2/c1-3-7(5-8)4-6(2)9/h5,7H,3-4H2,1-2H3/t7-/m1/s1. The molecule has 1 atom stereocenters. The maximum Gasteiger partial charge on any atom is 0.130 e. The van der Waals surface area contributed by atoms with Crippen molar-refractivity contribution < 1.29 is 9.59 Å². The molecule has 0 unspecified atom stereocenters. The minimum atomic E-state index is -0.0532. The van der Waals surface area contributed by atoms with Crippen molar-refractivity contribution in [1.29, 1.82) is 0 Å². The highest BCUT2D eigenvalue weighted by molar-refractivity contribution is 5.78. The molecule has 0 amide bonds. The Morgan fingerprint density at radius 2 is 2.22 bits per heavy atom. The summed E-state index contributed by atoms with van der Waals surface area (Å²) >= 11 is 0. The van der Waals surface area contributed by atoms with E-state index in [0.29, 0.717) is 6.42 Å². The van der Waals surface area contributed by atoms with Gasteiger partial charge >= 0.3 is 0 Å². The highest BCUT2D eigenvalue weighted by Gasteiger charge is 2.05. The quantitative estimate of drug-likeness (QED) is 0.533. The van der Waals surface area contributed by atoms with Gasteiger partial charge in [0.1, 0.15) is 12.1 Å². The predicted octanol–water partition coefficient (Wildman–Crippen LogP) is 1.19. The lowest BCUT2D eigenvalue weighted by atomic mass is 10.0. The molecular weight excluding hydrogens is 116 g/mol. The third-order valence-electron chi connectivity index (χ3n) is 1.27. The summed E-state index contributed by atoms with van der Waals surface area (Å²) in [5.41, 5.74) is 0. The Bertz CT molecular complexity index is 107. The van der Waals surface area contributed by atoms with Gasteiger partial charge in [0, 0.05) is 12.3 Å². The van der Waals surface area contributed by atoms with Crippen molar-refractivity contribution in [3.63, 3.8) is 0 Å². The predicted molar refractivity (Wildman–Crippen MR) is 35.1 cm³/mol. The minimum absolute atomic E-state index is 0.0532. The first kappa shape index (κ1) is 8.34. The number of hydrogen-bond donors (Lipinski definition) is 0. The molecule has 0 aliphatic rings. The number of rotatable bonds is 4. The topological polar surface area (TPSA) is 34.1 Å². The zero-order valence-corrected chi connectivity index (χ0v) is 5.89. The largest absolute Gasteiger partial charge is 0.303 e. The number of Topliss-reactive ketones (excluding diaryl/α,β-unsaturated/α-hetero) is 1. The van der Waals surface area contributed by atoms with Gasteiger partial charge in [0.05, 0.1) is 0 Å². The van der Waals surface area contributed by atoms with E-state index in [0.717, 1.165) is 12.7 Å². The molecule has 0 rings (SSSR count). The van der Waals surface area contributed by atoms with Crippen molar-refractivity contribution in [3.05, 3.63) is 0 Å². The number of aldehydes is 1. The van der Waals surface area contributed by atoms with Crippen LogP contribution in [0, 0.1) is 5.92 Å². The minimum Gasteiger partial charge on any atom is -0.303 e. The van der Waals surface area contributed by atoms with Gasteiger partial charge in [-0.3, -0.25) is 0 Å². The van der Waals surface area contributed by atoms with Crippen LogP contribution in [0.15, 0.2) is 0 Å². The summed E-state index contributed by atoms with van der Waals surface area (Å²) in [6, 6.07) is 0. The summed E-state index contributed by atoms with van der Waals surface area (Å²) in [5.74, 6) is 0.0384. The second-order valence-corrected chi connectivity index (χ2v) is 2.21. The highest BCUT2D eigenvalue weighted by atomic mass is 16.1. The molecule has 0 bridgehead atoms. The molecule has 0 spiro atoms. The molecule has 0 radical (unpaired) electrons. The molecule has 0 N–H and O–H groups in total. The lowest BCUT2D eigenvalue weighted by Gasteiger charge is -2.00. The molecule has 0 aromatic rings. The highest BCUT2D eigenvalue weighted by Crippen LogP contribution is 2.03. The molecule has 0 saturated heterocycles. The third kappa shape index (κ3) is 3.88. The van der Waals surface area contributed by atoms with Crippen LogP contribution in [0.25, 0.3) is 0 Å². The number of ketones is 1. The molecule has 0 fully saturated rings. The van der Waals surface area contributed by atoms with Crippen LogP contribution < -0.4 is 0 Å². The Morgan fingerprint density at radius 1 is 1.67 bits per heavy atom. The van der Waals surface area contributed by atoms with E-state index in [4.69, 9.17) is 0 Å². The van der Waals surface area contributed by atoms with Crippen LogP contribution in [-0.2, 0) is 9.59 Å². The molecule has 0 aliphatic carbocycles. The summed E-state index contributed by atoms with van der Waals surface area (Å²) in [4.78, 5) is 20.5. The number of hydrogen-bond acceptors (Lipinski definition) is 2. The van der Waals surface area contributed by atoms with E-state index >= 15 is 0 Å². The van der Waals surface area contributed by atoms with Crippen molar-refractivity contribution in [2.45, 2.75) is 26.7 Å². The van der Waals surface area contributed by atoms with Crippen LogP contribution in [0.4, 0.5) is 0 Å². The van der Waals surface area contributed by atoms with Crippen LogP contribution >= 0.6 is 0 Å². The molecule has 2 heteroatoms. The van der Waals surface area contributed by atoms with Gasteiger partial charge in [-0.2, -0.15) is 0 Å². The first-order chi connectivity index (χ1) is 4.20. The lowest BCUT2D eigenvalue weighted by Crippen LogP contribution is -2.05. The van der Waals surface area contributed by atoms with Crippen molar-refractivity contribution >= 4 is 12.1 Å². The first-order valence-corrected chi connectivity index (χ1v) is 3.15. The van der Waals surface area contributed by atoms with Gasteiger partial charge in [0.2, 0.25) is 0 Å². The molecule has 0 heterocycles. The van der Waals surface area contributed by atoms with Crippen LogP contribution in [0.1, 0.15) is 26.7 Å². The van der Waals surface area contributed by atoms with Gasteiger partial charge < -0.3 is 9.59 Å². The maximum atomic E-state index is 10.4. The molecule has 0 aliphatic heterocycles. The van der Waals surface area contributed by atoms with Crippen molar-refractivity contribution in [3.8, 4) is 0 Å². The molecule has 52 valence electrons. The fourth-order valence-electron chi connectivity index (χ4n) is 0.658. The number of carbonyl (C=O) groups excluding carboxylic acids is 2. The summed E-state index contributed by atoms with van der Waals surface area (Å²) in [7, 11) is 0. The Balaban J connectivity index is 3.55. The average molecular weight is 128 g/mol. The summed E-state index contributed by atoms with van der Waals surface area (Å²) in [6.07, 6.45) is 2.02. The molecule has 0 aromatic heterocycles. The lowest BCUT2D eigenvalue weighted by molar-refractivity contribution is -0.121. The van der Waals surface area contributed by atoms with Gasteiger partial charge in [-0.05, 0) is 13.3 Å². The average Bonchev–Trinajstić information content (AvgIpc) is 1.82. The van der Waals surface area contributed by atoms with Crippen molar-refractivity contribution in [2.24, 2.45) is 5.92 Å². The second kappa shape index (κ2) is 4.24. The van der Waals surface area contributed by atoms with Gasteiger partial charge in [0.25, 0.3) is 0 Å². The van der Waals surface area contributed by atoms with Crippen LogP contribution in [0.5, 0.6) is 0 Å². The monoisotopic (exact) mass is 128 g/mol. The fourth-order valence-corrected chi connectivity index (χ4v) is 0.658. The Hall–Kier alpha value is -0.660. The summed E-state index contributed by atoms with van der Waals surface area (Å²) in [5, 5.41) is 0. The molecule has 9 heavy (non-hydrogen) atoms. The summed E-state index contributed by atoms with van der Waals surface area (Å²) < 4.78 is 0. The number of carbonyl (C=O) groups is 2. The maximum absolute atomic E-state index is 10.4. The van der Waals surface area contributed by atoms with Gasteiger partial charge in [-0.15, -0.1) is 0 Å². The van der Waals surface area contributed by atoms with E-state index in [1.54, 1.807) is 0 Å². The molecule has 0 aromatic carbocycles. The van der Waals surface area contributed by atoms with Crippen LogP contribution in [-0.4, -0.2) is 12.1 Å². The van der Waals surface area contributed by atoms with E-state index in [2.05, 4.69) is 0 Å². The van der Waals surface area contributed by atoms with Crippen LogP contribution in [0.2, 0.25) is 0 Å². The van der Waals surface area contributed by atoms with Crippen molar-refractivity contribution in [2.75, 3.05) is 0 Å². The van der Waals surface area contributed by atoms with E-state index in [-0.39, 0.29) is 11.7 Å². The van der Waals surface area contributed by atoms with Crippen LogP contribution in [0.3, 0.4) is 0 Å².